The zero-order chi connectivity index (χ0) is 2.00. The van der Waals surface area contributed by atoms with Gasteiger partial charge in [0.2, 0.25) is 0 Å². The van der Waals surface area contributed by atoms with Crippen molar-refractivity contribution in [3.05, 3.63) is 6.57 Å². The molecule has 0 saturated heterocycles. The van der Waals surface area contributed by atoms with Gasteiger partial charge in [-0.15, -0.1) is 0 Å². The van der Waals surface area contributed by atoms with E-state index in [1.807, 2.05) is 0 Å². The first-order valence-corrected chi connectivity index (χ1v) is 0.224. The summed E-state index contributed by atoms with van der Waals surface area (Å²) >= 11 is 0. The van der Waals surface area contributed by atoms with Crippen molar-refractivity contribution in [2.45, 2.75) is 0 Å². The second-order valence-corrected chi connectivity index (χ2v) is 0. The first-order chi connectivity index (χ1) is 1.00. The molecule has 0 aromatic heterocycles. The Labute approximate surface area is 34.9 Å². The molecular weight excluding hydrogens is 101 g/mol. The van der Waals surface area contributed by atoms with Gasteiger partial charge < -0.3 is 17.3 Å². The third-order valence-corrected chi connectivity index (χ3v) is 0. The monoisotopic (exact) mass is 104 g/mol. The Kier molecular flexibility index (Phi) is 56500. The summed E-state index contributed by atoms with van der Waals surface area (Å²) in [6.07, 6.45) is 0. The molecule has 1 radical (unpaired) electrons. The zero-order valence-electron chi connectivity index (χ0n) is 1.86. The smallest absolute Gasteiger partial charge is 0 e. The molecule has 0 spiro atoms. The molecule has 0 aromatic rings. The van der Waals surface area contributed by atoms with Crippen LogP contribution < -0.4 is 0 Å². The first-order valence-electron chi connectivity index (χ1n) is 0.224. The summed E-state index contributed by atoms with van der Waals surface area (Å²) in [5, 5.41) is 6.25. The van der Waals surface area contributed by atoms with E-state index in [1.165, 1.54) is 0 Å². The summed E-state index contributed by atoms with van der Waals surface area (Å²) in [6.45, 7) is 4.75. The largest absolute Gasteiger partial charge is 0.512 e. The van der Waals surface area contributed by atoms with E-state index < -0.39 is 0 Å². The average molecular weight is 104 g/mol. The van der Waals surface area contributed by atoms with Gasteiger partial charge in [-0.25, -0.2) is 0 Å². The van der Waals surface area contributed by atoms with Crippen LogP contribution in [-0.2, 0) is 22.3 Å². The second kappa shape index (κ2) is 5980. The van der Waals surface area contributed by atoms with E-state index in [0.717, 1.165) is 0 Å². The van der Waals surface area contributed by atoms with Crippen LogP contribution in [0.3, 0.4) is 0 Å². The molecule has 0 aliphatic carbocycles. The normalized spacial score (nSPS) is 0.500. The SMILES string of the molecule is [C-]#N.[Co].[OH3+]. The third-order valence-electron chi connectivity index (χ3n) is 0. The van der Waals surface area contributed by atoms with Gasteiger partial charge in [-0.2, -0.15) is 0 Å². The maximum Gasteiger partial charge on any atom is 0 e. The van der Waals surface area contributed by atoms with E-state index in [2.05, 4.69) is 0 Å². The Morgan fingerprint density at radius 1 is 1.25 bits per heavy atom. The number of rotatable bonds is 0. The molecule has 0 saturated carbocycles. The van der Waals surface area contributed by atoms with Crippen LogP contribution in [0.5, 0.6) is 0 Å². The summed E-state index contributed by atoms with van der Waals surface area (Å²) in [7, 11) is 0. The van der Waals surface area contributed by atoms with Crippen LogP contribution in [0.2, 0.25) is 0 Å². The van der Waals surface area contributed by atoms with Gasteiger partial charge in [-0.05, 0) is 0 Å². The van der Waals surface area contributed by atoms with Crippen molar-refractivity contribution in [2.24, 2.45) is 0 Å². The topological polar surface area (TPSA) is 56.8 Å². The minimum Gasteiger partial charge on any atom is -0.512 e. The summed E-state index contributed by atoms with van der Waals surface area (Å²) in [5.41, 5.74) is 0. The number of hydrogen-bond donors (Lipinski definition) is 0. The molecule has 3 N–H and O–H groups in total. The Bertz CT molecular complexity index is 12.8. The Morgan fingerprint density at radius 3 is 1.25 bits per heavy atom. The number of nitrogens with zero attached hydrogens (tertiary/aromatic N) is 1. The minimum absolute atomic E-state index is 0. The molecule has 0 amide bonds. The average Bonchev–Trinajstić information content (AvgIpc) is 1.00. The van der Waals surface area contributed by atoms with Crippen LogP contribution in [-0.4, -0.2) is 0 Å². The van der Waals surface area contributed by atoms with Gasteiger partial charge in [0.25, 0.3) is 0 Å². The molecule has 27 valence electrons. The van der Waals surface area contributed by atoms with Crippen LogP contribution in [0.25, 0.3) is 0 Å². The molecule has 0 heterocycles. The molecule has 0 unspecified atom stereocenters. The predicted octanol–water partition coefficient (Wildman–Crippen LogP) is -0.828. The van der Waals surface area contributed by atoms with Crippen molar-refractivity contribution < 1.29 is 22.3 Å². The molecule has 0 atom stereocenters. The third kappa shape index (κ3) is 946. The van der Waals surface area contributed by atoms with Crippen molar-refractivity contribution in [1.29, 1.82) is 5.26 Å². The Balaban J connectivity index is -0.00000000500. The maximum atomic E-state index is 6.25. The van der Waals surface area contributed by atoms with Crippen molar-refractivity contribution in [2.75, 3.05) is 0 Å². The van der Waals surface area contributed by atoms with Crippen LogP contribution in [0, 0.1) is 11.8 Å². The Hall–Kier alpha value is -0.0435. The molecule has 0 aromatic carbocycles. The minimum atomic E-state index is 0. The summed E-state index contributed by atoms with van der Waals surface area (Å²) in [4.78, 5) is 0. The van der Waals surface area contributed by atoms with E-state index in [9.17, 15) is 0 Å². The molecule has 0 rings (SSSR count). The van der Waals surface area contributed by atoms with Gasteiger partial charge in [0.15, 0.2) is 0 Å². The first kappa shape index (κ1) is 37.8. The molecule has 0 aliphatic heterocycles. The zero-order valence-corrected chi connectivity index (χ0v) is 2.90. The quantitative estimate of drug-likeness (QED) is 0.292. The van der Waals surface area contributed by atoms with Crippen molar-refractivity contribution >= 4 is 0 Å². The fourth-order valence-corrected chi connectivity index (χ4v) is 0. The van der Waals surface area contributed by atoms with E-state index in [4.69, 9.17) is 11.8 Å². The molecule has 2 nitrogen and oxygen atoms in total. The van der Waals surface area contributed by atoms with Gasteiger partial charge in [-0.3, -0.25) is 0 Å². The summed E-state index contributed by atoms with van der Waals surface area (Å²) in [5.74, 6) is 0. The van der Waals surface area contributed by atoms with E-state index in [0.29, 0.717) is 0 Å². The molecule has 3 heteroatoms. The number of hydrogen-bond acceptors (Lipinski definition) is 1. The van der Waals surface area contributed by atoms with Gasteiger partial charge in [0.1, 0.15) is 0 Å². The van der Waals surface area contributed by atoms with Gasteiger partial charge in [0, 0.05) is 16.8 Å². The molecule has 4 heavy (non-hydrogen) atoms. The fraction of sp³-hybridized carbons (Fsp3) is 0. The molecule has 0 aliphatic rings. The van der Waals surface area contributed by atoms with E-state index in [-0.39, 0.29) is 22.3 Å². The van der Waals surface area contributed by atoms with Crippen molar-refractivity contribution in [3.8, 4) is 0 Å². The van der Waals surface area contributed by atoms with E-state index in [1.54, 1.807) is 0 Å². The maximum absolute atomic E-state index is 6.25. The van der Waals surface area contributed by atoms with Gasteiger partial charge >= 0.3 is 0 Å². The predicted molar refractivity (Wildman–Crippen MR) is 9.84 cm³/mol. The summed E-state index contributed by atoms with van der Waals surface area (Å²) < 4.78 is 0. The van der Waals surface area contributed by atoms with Crippen LogP contribution in [0.15, 0.2) is 0 Å². The van der Waals surface area contributed by atoms with Gasteiger partial charge in [-0.1, -0.05) is 0 Å². The summed E-state index contributed by atoms with van der Waals surface area (Å²) in [6, 6.07) is 0. The van der Waals surface area contributed by atoms with Crippen LogP contribution in [0.4, 0.5) is 0 Å². The van der Waals surface area contributed by atoms with E-state index >= 15 is 0 Å². The Morgan fingerprint density at radius 2 is 1.25 bits per heavy atom. The molecule has 0 bridgehead atoms. The van der Waals surface area contributed by atoms with Crippen LogP contribution >= 0.6 is 0 Å². The van der Waals surface area contributed by atoms with Gasteiger partial charge in [0.05, 0.1) is 0 Å². The van der Waals surface area contributed by atoms with Crippen LogP contribution in [0.1, 0.15) is 0 Å². The molecule has 0 fully saturated rings. The standard InChI is InChI=1S/CN.Co.H2O/c1-2;;/h;;1H2/q-1;;/p+1. The fourth-order valence-electron chi connectivity index (χ4n) is 0. The second-order valence-electron chi connectivity index (χ2n) is 0. The van der Waals surface area contributed by atoms with Crippen molar-refractivity contribution in [3.63, 3.8) is 0 Å². The van der Waals surface area contributed by atoms with Crippen molar-refractivity contribution in [1.82, 2.24) is 0 Å². The molecular formula is CH3CoNO.